The first kappa shape index (κ1) is 14.1. The highest BCUT2D eigenvalue weighted by molar-refractivity contribution is 5.81. The monoisotopic (exact) mass is 265 g/mol. The number of amides is 1. The maximum atomic E-state index is 12.4. The van der Waals surface area contributed by atoms with Gasteiger partial charge in [0, 0.05) is 12.0 Å². The quantitative estimate of drug-likeness (QED) is 0.685. The van der Waals surface area contributed by atoms with Gasteiger partial charge in [-0.2, -0.15) is 0 Å². The Kier molecular flexibility index (Phi) is 3.70. The summed E-state index contributed by atoms with van der Waals surface area (Å²) in [5.41, 5.74) is -0.502. The van der Waals surface area contributed by atoms with Crippen LogP contribution in [-0.4, -0.2) is 34.5 Å². The van der Waals surface area contributed by atoms with Crippen LogP contribution in [0.1, 0.15) is 47.0 Å². The number of ketones is 1. The second-order valence-electron chi connectivity index (χ2n) is 6.48. The minimum absolute atomic E-state index is 0.00708. The van der Waals surface area contributed by atoms with Crippen LogP contribution < -0.4 is 0 Å². The van der Waals surface area contributed by atoms with E-state index in [1.807, 2.05) is 32.9 Å². The van der Waals surface area contributed by atoms with Gasteiger partial charge in [-0.1, -0.05) is 12.2 Å². The van der Waals surface area contributed by atoms with E-state index in [-0.39, 0.29) is 29.9 Å². The first-order valence-electron chi connectivity index (χ1n) is 6.98. The van der Waals surface area contributed by atoms with Gasteiger partial charge in [0.05, 0.1) is 6.04 Å². The van der Waals surface area contributed by atoms with Gasteiger partial charge in [-0.05, 0) is 47.0 Å². The van der Waals surface area contributed by atoms with Crippen LogP contribution in [0.4, 0.5) is 4.79 Å². The van der Waals surface area contributed by atoms with E-state index in [9.17, 15) is 9.59 Å². The third-order valence-electron chi connectivity index (χ3n) is 3.81. The Morgan fingerprint density at radius 3 is 2.53 bits per heavy atom. The molecule has 3 atom stereocenters. The SMILES string of the molecule is CC(=O)C1CC=C[C@@H]2CC[C@H]1N2C(=O)OC(C)(C)C. The third kappa shape index (κ3) is 2.99. The molecule has 0 aromatic rings. The molecule has 1 amide bonds. The summed E-state index contributed by atoms with van der Waals surface area (Å²) in [6.45, 7) is 7.21. The fourth-order valence-corrected chi connectivity index (χ4v) is 3.01. The Labute approximate surface area is 114 Å². The molecule has 4 nitrogen and oxygen atoms in total. The molecule has 2 rings (SSSR count). The van der Waals surface area contributed by atoms with Crippen molar-refractivity contribution in [1.82, 2.24) is 4.90 Å². The lowest BCUT2D eigenvalue weighted by molar-refractivity contribution is -0.122. The Hall–Kier alpha value is -1.32. The van der Waals surface area contributed by atoms with E-state index in [1.54, 1.807) is 11.8 Å². The van der Waals surface area contributed by atoms with E-state index >= 15 is 0 Å². The van der Waals surface area contributed by atoms with Crippen LogP contribution in [0.2, 0.25) is 0 Å². The molecule has 4 heteroatoms. The predicted molar refractivity (Wildman–Crippen MR) is 72.8 cm³/mol. The van der Waals surface area contributed by atoms with E-state index in [2.05, 4.69) is 0 Å². The molecular weight excluding hydrogens is 242 g/mol. The van der Waals surface area contributed by atoms with Crippen molar-refractivity contribution < 1.29 is 14.3 Å². The van der Waals surface area contributed by atoms with E-state index in [0.29, 0.717) is 0 Å². The fraction of sp³-hybridized carbons (Fsp3) is 0.733. The topological polar surface area (TPSA) is 46.6 Å². The third-order valence-corrected chi connectivity index (χ3v) is 3.81. The van der Waals surface area contributed by atoms with Gasteiger partial charge < -0.3 is 4.74 Å². The van der Waals surface area contributed by atoms with E-state index < -0.39 is 5.60 Å². The summed E-state index contributed by atoms with van der Waals surface area (Å²) in [4.78, 5) is 25.9. The highest BCUT2D eigenvalue weighted by Crippen LogP contribution is 2.36. The molecule has 0 spiro atoms. The second-order valence-corrected chi connectivity index (χ2v) is 6.48. The minimum atomic E-state index is -0.502. The molecule has 0 aromatic carbocycles. The number of ether oxygens (including phenoxy) is 1. The number of carbonyl (C=O) groups is 2. The molecule has 1 saturated heterocycles. The molecular formula is C15H23NO3. The molecule has 2 heterocycles. The van der Waals surface area contributed by atoms with E-state index in [1.165, 1.54) is 0 Å². The molecule has 0 saturated carbocycles. The van der Waals surface area contributed by atoms with Gasteiger partial charge in [0.1, 0.15) is 11.4 Å². The van der Waals surface area contributed by atoms with Gasteiger partial charge in [-0.3, -0.25) is 9.69 Å². The Morgan fingerprint density at radius 2 is 1.95 bits per heavy atom. The smallest absolute Gasteiger partial charge is 0.411 e. The molecule has 1 unspecified atom stereocenters. The largest absolute Gasteiger partial charge is 0.444 e. The average molecular weight is 265 g/mol. The average Bonchev–Trinajstić information content (AvgIpc) is 2.51. The molecule has 106 valence electrons. The zero-order chi connectivity index (χ0) is 14.2. The van der Waals surface area contributed by atoms with Gasteiger partial charge in [0.25, 0.3) is 0 Å². The van der Waals surface area contributed by atoms with Gasteiger partial charge >= 0.3 is 6.09 Å². The molecule has 0 radical (unpaired) electrons. The summed E-state index contributed by atoms with van der Waals surface area (Å²) >= 11 is 0. The zero-order valence-corrected chi connectivity index (χ0v) is 12.2. The summed E-state index contributed by atoms with van der Waals surface area (Å²) in [5.74, 6) is 0.0713. The number of carbonyl (C=O) groups excluding carboxylic acids is 2. The van der Waals surface area contributed by atoms with Crippen molar-refractivity contribution in [1.29, 1.82) is 0 Å². The summed E-state index contributed by atoms with van der Waals surface area (Å²) in [6.07, 6.45) is 6.33. The minimum Gasteiger partial charge on any atom is -0.444 e. The van der Waals surface area contributed by atoms with Crippen molar-refractivity contribution in [2.45, 2.75) is 64.6 Å². The molecule has 2 aliphatic heterocycles. The lowest BCUT2D eigenvalue weighted by atomic mass is 9.90. The maximum Gasteiger partial charge on any atom is 0.411 e. The summed E-state index contributed by atoms with van der Waals surface area (Å²) < 4.78 is 5.48. The summed E-state index contributed by atoms with van der Waals surface area (Å²) in [5, 5.41) is 0. The Balaban J connectivity index is 2.21. The Morgan fingerprint density at radius 1 is 1.26 bits per heavy atom. The molecule has 2 bridgehead atoms. The second kappa shape index (κ2) is 4.99. The van der Waals surface area contributed by atoms with Crippen molar-refractivity contribution in [3.8, 4) is 0 Å². The van der Waals surface area contributed by atoms with Crippen LogP contribution in [0.15, 0.2) is 12.2 Å². The summed E-state index contributed by atoms with van der Waals surface area (Å²) in [6, 6.07) is 0.0801. The Bertz CT molecular complexity index is 408. The molecule has 19 heavy (non-hydrogen) atoms. The maximum absolute atomic E-state index is 12.4. The molecule has 2 aliphatic rings. The number of nitrogens with zero attached hydrogens (tertiary/aromatic N) is 1. The van der Waals surface area contributed by atoms with Crippen molar-refractivity contribution in [3.05, 3.63) is 12.2 Å². The highest BCUT2D eigenvalue weighted by atomic mass is 16.6. The van der Waals surface area contributed by atoms with E-state index in [4.69, 9.17) is 4.74 Å². The number of hydrogen-bond acceptors (Lipinski definition) is 3. The van der Waals surface area contributed by atoms with Crippen molar-refractivity contribution in [3.63, 3.8) is 0 Å². The number of Topliss-reactive ketones (excluding diaryl/α,β-unsaturated/α-hetero) is 1. The summed E-state index contributed by atoms with van der Waals surface area (Å²) in [7, 11) is 0. The van der Waals surface area contributed by atoms with Gasteiger partial charge in [0.2, 0.25) is 0 Å². The first-order valence-corrected chi connectivity index (χ1v) is 6.98. The molecule has 0 N–H and O–H groups in total. The lowest BCUT2D eigenvalue weighted by Crippen LogP contribution is -2.46. The van der Waals surface area contributed by atoms with Crippen molar-refractivity contribution >= 4 is 11.9 Å². The zero-order valence-electron chi connectivity index (χ0n) is 12.2. The van der Waals surface area contributed by atoms with Crippen LogP contribution in [-0.2, 0) is 9.53 Å². The molecule has 1 fully saturated rings. The number of allylic oxidation sites excluding steroid dienone is 1. The molecule has 0 aliphatic carbocycles. The fourth-order valence-electron chi connectivity index (χ4n) is 3.01. The number of fused-ring (bicyclic) bond motifs is 2. The predicted octanol–water partition coefficient (Wildman–Crippen LogP) is 2.92. The van der Waals surface area contributed by atoms with Crippen LogP contribution in [0, 0.1) is 5.92 Å². The van der Waals surface area contributed by atoms with Crippen LogP contribution in [0.3, 0.4) is 0 Å². The number of hydrogen-bond donors (Lipinski definition) is 0. The van der Waals surface area contributed by atoms with Crippen LogP contribution in [0.25, 0.3) is 0 Å². The lowest BCUT2D eigenvalue weighted by Gasteiger charge is -2.33. The van der Waals surface area contributed by atoms with Gasteiger partial charge in [-0.25, -0.2) is 4.79 Å². The standard InChI is InChI=1S/C15H23NO3/c1-10(17)12-7-5-6-11-8-9-13(12)16(11)14(18)19-15(2,3)4/h5-6,11-13H,7-9H2,1-4H3/t11-,12?,13-/m1/s1. The van der Waals surface area contributed by atoms with Crippen molar-refractivity contribution in [2.24, 2.45) is 5.92 Å². The molecule has 0 aromatic heterocycles. The number of rotatable bonds is 1. The van der Waals surface area contributed by atoms with E-state index in [0.717, 1.165) is 19.3 Å². The van der Waals surface area contributed by atoms with Crippen LogP contribution >= 0.6 is 0 Å². The van der Waals surface area contributed by atoms with Gasteiger partial charge in [-0.15, -0.1) is 0 Å². The first-order chi connectivity index (χ1) is 8.79. The van der Waals surface area contributed by atoms with Crippen molar-refractivity contribution in [2.75, 3.05) is 0 Å². The normalized spacial score (nSPS) is 30.1. The van der Waals surface area contributed by atoms with Crippen LogP contribution in [0.5, 0.6) is 0 Å². The van der Waals surface area contributed by atoms with Gasteiger partial charge in [0.15, 0.2) is 0 Å². The highest BCUT2D eigenvalue weighted by Gasteiger charge is 2.44.